The minimum atomic E-state index is 0.104. The maximum absolute atomic E-state index is 11.7. The summed E-state index contributed by atoms with van der Waals surface area (Å²) >= 11 is 0. The second-order valence-electron chi connectivity index (χ2n) is 3.71. The number of nitrogens with zero attached hydrogens (tertiary/aromatic N) is 3. The Morgan fingerprint density at radius 3 is 3.21 bits per heavy atom. The molecular formula is C9H14N4O. The van der Waals surface area contributed by atoms with Crippen molar-refractivity contribution in [2.75, 3.05) is 13.1 Å². The van der Waals surface area contributed by atoms with Gasteiger partial charge in [0, 0.05) is 13.5 Å². The second-order valence-corrected chi connectivity index (χ2v) is 3.71. The molecule has 76 valence electrons. The fourth-order valence-corrected chi connectivity index (χ4v) is 1.73. The average Bonchev–Trinajstić information content (AvgIpc) is 2.75. The minimum Gasteiger partial charge on any atom is -0.316 e. The summed E-state index contributed by atoms with van der Waals surface area (Å²) in [6.07, 6.45) is 3.21. The van der Waals surface area contributed by atoms with Gasteiger partial charge in [-0.1, -0.05) is 0 Å². The number of Topliss-reactive ketones (excluding diaryl/α,β-unsaturated/α-hetero) is 1. The summed E-state index contributed by atoms with van der Waals surface area (Å²) in [7, 11) is 1.72. The van der Waals surface area contributed by atoms with Gasteiger partial charge in [0.15, 0.2) is 5.78 Å². The zero-order chi connectivity index (χ0) is 9.97. The van der Waals surface area contributed by atoms with Gasteiger partial charge in [0.1, 0.15) is 5.69 Å². The normalized spacial score (nSPS) is 21.4. The molecule has 0 bridgehead atoms. The Morgan fingerprint density at radius 2 is 2.64 bits per heavy atom. The summed E-state index contributed by atoms with van der Waals surface area (Å²) in [5.74, 6) is 0.580. The van der Waals surface area contributed by atoms with Gasteiger partial charge in [-0.3, -0.25) is 4.79 Å². The third kappa shape index (κ3) is 1.98. The molecule has 5 nitrogen and oxygen atoms in total. The molecule has 1 saturated heterocycles. The monoisotopic (exact) mass is 194 g/mol. The van der Waals surface area contributed by atoms with E-state index in [0.29, 0.717) is 18.0 Å². The third-order valence-electron chi connectivity index (χ3n) is 2.52. The zero-order valence-electron chi connectivity index (χ0n) is 8.23. The predicted octanol–water partition coefficient (Wildman–Crippen LogP) is -0.00260. The van der Waals surface area contributed by atoms with E-state index < -0.39 is 0 Å². The molecule has 0 saturated carbocycles. The molecular weight excluding hydrogens is 180 g/mol. The van der Waals surface area contributed by atoms with E-state index >= 15 is 0 Å². The molecule has 1 N–H and O–H groups in total. The van der Waals surface area contributed by atoms with Gasteiger partial charge < -0.3 is 5.32 Å². The lowest BCUT2D eigenvalue weighted by molar-refractivity contribution is 0.0959. The summed E-state index contributed by atoms with van der Waals surface area (Å²) in [5, 5.41) is 11.1. The first-order valence-corrected chi connectivity index (χ1v) is 4.86. The number of rotatable bonds is 3. The highest BCUT2D eigenvalue weighted by molar-refractivity contribution is 5.93. The van der Waals surface area contributed by atoms with Crippen LogP contribution in [0, 0.1) is 5.92 Å². The van der Waals surface area contributed by atoms with Crippen LogP contribution >= 0.6 is 0 Å². The van der Waals surface area contributed by atoms with Crippen LogP contribution in [0.5, 0.6) is 0 Å². The Labute approximate surface area is 82.5 Å². The Morgan fingerprint density at radius 1 is 1.79 bits per heavy atom. The summed E-state index contributed by atoms with van der Waals surface area (Å²) in [4.78, 5) is 13.1. The molecule has 1 aliphatic heterocycles. The average molecular weight is 194 g/mol. The third-order valence-corrected chi connectivity index (χ3v) is 2.52. The topological polar surface area (TPSA) is 59.8 Å². The van der Waals surface area contributed by atoms with Crippen molar-refractivity contribution in [2.45, 2.75) is 12.8 Å². The van der Waals surface area contributed by atoms with E-state index in [9.17, 15) is 4.79 Å². The van der Waals surface area contributed by atoms with Crippen LogP contribution in [0.25, 0.3) is 0 Å². The first kappa shape index (κ1) is 9.33. The quantitative estimate of drug-likeness (QED) is 0.688. The summed E-state index contributed by atoms with van der Waals surface area (Å²) in [5.41, 5.74) is 0.486. The molecule has 1 aromatic heterocycles. The number of hydrogen-bond donors (Lipinski definition) is 1. The van der Waals surface area contributed by atoms with Crippen molar-refractivity contribution < 1.29 is 4.79 Å². The molecule has 5 heteroatoms. The van der Waals surface area contributed by atoms with Crippen molar-refractivity contribution in [3.05, 3.63) is 11.9 Å². The van der Waals surface area contributed by atoms with Crippen LogP contribution < -0.4 is 5.32 Å². The summed E-state index contributed by atoms with van der Waals surface area (Å²) in [6, 6.07) is 0. The molecule has 14 heavy (non-hydrogen) atoms. The molecule has 0 aromatic carbocycles. The van der Waals surface area contributed by atoms with Gasteiger partial charge in [0.2, 0.25) is 0 Å². The van der Waals surface area contributed by atoms with Gasteiger partial charge in [0.25, 0.3) is 0 Å². The molecule has 0 aliphatic carbocycles. The fourth-order valence-electron chi connectivity index (χ4n) is 1.73. The maximum atomic E-state index is 11.7. The number of aryl methyl sites for hydroxylation is 1. The van der Waals surface area contributed by atoms with Crippen molar-refractivity contribution in [2.24, 2.45) is 13.0 Å². The van der Waals surface area contributed by atoms with E-state index in [-0.39, 0.29) is 5.78 Å². The molecule has 2 heterocycles. The largest absolute Gasteiger partial charge is 0.316 e. The molecule has 1 fully saturated rings. The molecule has 0 radical (unpaired) electrons. The number of ketones is 1. The van der Waals surface area contributed by atoms with Gasteiger partial charge in [-0.25, -0.2) is 0 Å². The molecule has 1 atom stereocenters. The zero-order valence-corrected chi connectivity index (χ0v) is 8.23. The van der Waals surface area contributed by atoms with Crippen LogP contribution in [0.2, 0.25) is 0 Å². The fraction of sp³-hybridized carbons (Fsp3) is 0.667. The molecule has 1 aromatic rings. The van der Waals surface area contributed by atoms with Crippen molar-refractivity contribution in [1.82, 2.24) is 20.3 Å². The van der Waals surface area contributed by atoms with Crippen molar-refractivity contribution in [1.29, 1.82) is 0 Å². The van der Waals surface area contributed by atoms with Crippen molar-refractivity contribution in [3.8, 4) is 0 Å². The van der Waals surface area contributed by atoms with Gasteiger partial charge in [-0.05, 0) is 25.4 Å². The van der Waals surface area contributed by atoms with E-state index in [4.69, 9.17) is 0 Å². The predicted molar refractivity (Wildman–Crippen MR) is 50.9 cm³/mol. The summed E-state index contributed by atoms with van der Waals surface area (Å²) in [6.45, 7) is 1.98. The lowest BCUT2D eigenvalue weighted by Gasteiger charge is -2.03. The Balaban J connectivity index is 1.95. The van der Waals surface area contributed by atoms with Gasteiger partial charge in [0.05, 0.1) is 6.20 Å². The van der Waals surface area contributed by atoms with E-state index in [1.54, 1.807) is 7.05 Å². The summed E-state index contributed by atoms with van der Waals surface area (Å²) < 4.78 is 0. The van der Waals surface area contributed by atoms with Crippen molar-refractivity contribution in [3.63, 3.8) is 0 Å². The Hall–Kier alpha value is -1.23. The van der Waals surface area contributed by atoms with E-state index in [2.05, 4.69) is 15.5 Å². The van der Waals surface area contributed by atoms with Crippen LogP contribution in [0.4, 0.5) is 0 Å². The first-order valence-electron chi connectivity index (χ1n) is 4.86. The Kier molecular flexibility index (Phi) is 2.58. The van der Waals surface area contributed by atoms with Crippen LogP contribution in [0.15, 0.2) is 6.20 Å². The van der Waals surface area contributed by atoms with Crippen LogP contribution in [0.1, 0.15) is 23.3 Å². The van der Waals surface area contributed by atoms with Gasteiger partial charge >= 0.3 is 0 Å². The molecule has 2 rings (SSSR count). The lowest BCUT2D eigenvalue weighted by atomic mass is 10.0. The molecule has 0 amide bonds. The van der Waals surface area contributed by atoms with Gasteiger partial charge in [-0.15, -0.1) is 0 Å². The highest BCUT2D eigenvalue weighted by atomic mass is 16.1. The van der Waals surface area contributed by atoms with Crippen LogP contribution in [0.3, 0.4) is 0 Å². The number of hydrogen-bond acceptors (Lipinski definition) is 4. The van der Waals surface area contributed by atoms with E-state index in [0.717, 1.165) is 19.5 Å². The SMILES string of the molecule is Cn1ncc(C(=O)CC2CCNC2)n1. The molecule has 1 unspecified atom stereocenters. The van der Waals surface area contributed by atoms with E-state index in [1.807, 2.05) is 0 Å². The highest BCUT2D eigenvalue weighted by Crippen LogP contribution is 2.14. The smallest absolute Gasteiger partial charge is 0.185 e. The van der Waals surface area contributed by atoms with Gasteiger partial charge in [-0.2, -0.15) is 15.0 Å². The second kappa shape index (κ2) is 3.88. The number of carbonyl (C=O) groups excluding carboxylic acids is 1. The van der Waals surface area contributed by atoms with E-state index in [1.165, 1.54) is 11.0 Å². The Bertz CT molecular complexity index is 327. The number of carbonyl (C=O) groups is 1. The van der Waals surface area contributed by atoms with Crippen LogP contribution in [-0.2, 0) is 7.05 Å². The minimum absolute atomic E-state index is 0.104. The van der Waals surface area contributed by atoms with Crippen LogP contribution in [-0.4, -0.2) is 33.9 Å². The molecule has 1 aliphatic rings. The highest BCUT2D eigenvalue weighted by Gasteiger charge is 2.20. The molecule has 0 spiro atoms. The number of nitrogens with one attached hydrogen (secondary N) is 1. The lowest BCUT2D eigenvalue weighted by Crippen LogP contribution is -2.13. The first-order chi connectivity index (χ1) is 6.75. The van der Waals surface area contributed by atoms with Crippen molar-refractivity contribution >= 4 is 5.78 Å². The maximum Gasteiger partial charge on any atom is 0.185 e. The number of aromatic nitrogens is 3. The standard InChI is InChI=1S/C9H14N4O/c1-13-11-6-8(12-13)9(14)4-7-2-3-10-5-7/h6-7,10H,2-5H2,1H3.